The van der Waals surface area contributed by atoms with Gasteiger partial charge < -0.3 is 53.4 Å². The summed E-state index contributed by atoms with van der Waals surface area (Å²) in [5.74, 6) is -7.95. The number of carbonyl (C=O) groups is 5. The van der Waals surface area contributed by atoms with Crippen LogP contribution in [0.1, 0.15) is 146 Å². The molecule has 0 aromatic carbocycles. The highest BCUT2D eigenvalue weighted by atomic mass is 16.6. The number of rotatable bonds is 32. The van der Waals surface area contributed by atoms with E-state index in [0.29, 0.717) is 63.2 Å². The van der Waals surface area contributed by atoms with Crippen molar-refractivity contribution in [3.63, 3.8) is 0 Å². The van der Waals surface area contributed by atoms with Gasteiger partial charge in [-0.25, -0.2) is 4.79 Å². The molecule has 4 rings (SSSR count). The van der Waals surface area contributed by atoms with E-state index < -0.39 is 77.8 Å². The summed E-state index contributed by atoms with van der Waals surface area (Å²) in [6.07, 6.45) is 10.9. The van der Waals surface area contributed by atoms with Crippen molar-refractivity contribution < 1.29 is 72.5 Å². The fraction of sp³-hybridized carbons (Fsp3) is 0.787. The lowest BCUT2D eigenvalue weighted by Crippen LogP contribution is -2.61. The van der Waals surface area contributed by atoms with E-state index in [9.17, 15) is 39.3 Å². The van der Waals surface area contributed by atoms with Crippen LogP contribution in [-0.2, 0) is 57.1 Å². The SMILES string of the molecule is C=C[C@@H](C)C[C@@H](C)C(=O)[C@H](OC)[C@H](O)/C(C)=C/[C@@H](C)C(=O)C[C@H](OC(=O)C1CCCCN1C(=O)C(=O)[C@]1(O)O[C@H](CC(OCCO)/C(C)=C/C=C/C)CC[C@H]1C)[C@H](C)C[C@@H]1CC[C@@H](OCCCN2CCOC[C@H]2C)[C@H](OC)C1. The van der Waals surface area contributed by atoms with E-state index in [2.05, 4.69) is 18.4 Å². The molecule has 3 saturated heterocycles. The van der Waals surface area contributed by atoms with Crippen LogP contribution in [-0.4, -0.2) is 182 Å². The van der Waals surface area contributed by atoms with Crippen molar-refractivity contribution in [3.8, 4) is 0 Å². The Balaban J connectivity index is 1.54. The van der Waals surface area contributed by atoms with E-state index in [-0.39, 0.29) is 80.5 Å². The van der Waals surface area contributed by atoms with Crippen molar-refractivity contribution in [2.24, 2.45) is 35.5 Å². The zero-order valence-electron chi connectivity index (χ0n) is 49.2. The number of ketones is 3. The number of Topliss-reactive ketones (excluding diaryl/α,β-unsaturated/α-hetero) is 3. The van der Waals surface area contributed by atoms with E-state index in [1.54, 1.807) is 47.0 Å². The summed E-state index contributed by atoms with van der Waals surface area (Å²) in [5, 5.41) is 33.0. The molecule has 17 heteroatoms. The number of allylic oxidation sites excluding steroid dienone is 5. The lowest BCUT2D eigenvalue weighted by molar-refractivity contribution is -0.266. The number of esters is 1. The van der Waals surface area contributed by atoms with Crippen LogP contribution in [0.2, 0.25) is 0 Å². The highest BCUT2D eigenvalue weighted by Crippen LogP contribution is 2.38. The number of piperidine rings is 1. The minimum absolute atomic E-state index is 0.0694. The molecule has 16 atom stereocenters. The molecule has 3 heterocycles. The van der Waals surface area contributed by atoms with E-state index in [0.717, 1.165) is 51.1 Å². The molecule has 1 amide bonds. The molecule has 0 bridgehead atoms. The third-order valence-electron chi connectivity index (χ3n) is 16.9. The Hall–Kier alpha value is -3.49. The highest BCUT2D eigenvalue weighted by Gasteiger charge is 2.53. The van der Waals surface area contributed by atoms with Gasteiger partial charge in [-0.3, -0.25) is 24.1 Å². The highest BCUT2D eigenvalue weighted by molar-refractivity contribution is 6.39. The summed E-state index contributed by atoms with van der Waals surface area (Å²) >= 11 is 0. The molecule has 17 nitrogen and oxygen atoms in total. The van der Waals surface area contributed by atoms with Crippen molar-refractivity contribution >= 4 is 29.2 Å². The third kappa shape index (κ3) is 19.3. The minimum Gasteiger partial charge on any atom is -0.460 e. The molecule has 3 N–H and O–H groups in total. The molecule has 4 aliphatic rings. The molecule has 0 spiro atoms. The number of aliphatic hydroxyl groups is 3. The number of hydrogen-bond acceptors (Lipinski definition) is 16. The summed E-state index contributed by atoms with van der Waals surface area (Å²) in [6.45, 7) is 24.4. The van der Waals surface area contributed by atoms with Gasteiger partial charge in [0.2, 0.25) is 5.79 Å². The Morgan fingerprint density at radius 1 is 0.923 bits per heavy atom. The van der Waals surface area contributed by atoms with Crippen LogP contribution >= 0.6 is 0 Å². The molecule has 0 aromatic heterocycles. The van der Waals surface area contributed by atoms with Crippen LogP contribution in [0.15, 0.2) is 48.1 Å². The fourth-order valence-corrected chi connectivity index (χ4v) is 11.7. The number of amides is 1. The Labute approximate surface area is 466 Å². The Bertz CT molecular complexity index is 2010. The third-order valence-corrected chi connectivity index (χ3v) is 16.9. The van der Waals surface area contributed by atoms with Crippen molar-refractivity contribution in [2.75, 3.05) is 66.9 Å². The Morgan fingerprint density at radius 2 is 1.67 bits per heavy atom. The van der Waals surface area contributed by atoms with Crippen LogP contribution in [0, 0.1) is 35.5 Å². The van der Waals surface area contributed by atoms with E-state index in [4.69, 9.17) is 33.2 Å². The van der Waals surface area contributed by atoms with Crippen molar-refractivity contribution in [2.45, 2.75) is 206 Å². The summed E-state index contributed by atoms with van der Waals surface area (Å²) in [4.78, 5) is 74.9. The smallest absolute Gasteiger partial charge is 0.329 e. The molecule has 1 aliphatic carbocycles. The van der Waals surface area contributed by atoms with Crippen LogP contribution in [0.4, 0.5) is 0 Å². The quantitative estimate of drug-likeness (QED) is 0.0198. The average Bonchev–Trinajstić information content (AvgIpc) is 3.45. The van der Waals surface area contributed by atoms with Crippen molar-refractivity contribution in [1.82, 2.24) is 9.80 Å². The second kappa shape index (κ2) is 33.4. The van der Waals surface area contributed by atoms with Crippen LogP contribution in [0.25, 0.3) is 0 Å². The fourth-order valence-electron chi connectivity index (χ4n) is 11.7. The first-order valence-corrected chi connectivity index (χ1v) is 29.2. The second-order valence-electron chi connectivity index (χ2n) is 23.1. The standard InChI is InChI=1S/C61H100N2O15/c1-13-15-19-40(4)52(76-31-28-64)36-48-23-21-45(9)61(71,78-48)58(68)59(69)63-26-17-16-20-49(63)60(70)77-53(37-50(65)41(5)33-44(8)56(67)57(73-12)55(66)43(7)32-39(3)14-2)42(6)34-47-22-24-51(54(35-47)72-11)75-29-18-25-62-27-30-74-38-46(62)10/h13-15,19,33,39,41-43,45-49,51-54,56-57,64,67,71H,2,16-18,20-32,34-38H2,1,3-12H3/b15-13+,40-19+,44-33+/t39-,41-,42-,43-,45-,46-,47+,48+,49?,51-,52?,53+,54-,56-,57+,61-/m1/s1. The molecule has 78 heavy (non-hydrogen) atoms. The number of aliphatic hydroxyl groups excluding tert-OH is 2. The van der Waals surface area contributed by atoms with Gasteiger partial charge in [-0.05, 0) is 127 Å². The first-order valence-electron chi connectivity index (χ1n) is 29.2. The minimum atomic E-state index is -2.47. The Kier molecular flexibility index (Phi) is 28.7. The summed E-state index contributed by atoms with van der Waals surface area (Å²) in [7, 11) is 3.07. The summed E-state index contributed by atoms with van der Waals surface area (Å²) in [5.41, 5.74) is 1.25. The van der Waals surface area contributed by atoms with E-state index in [1.165, 1.54) is 12.0 Å². The van der Waals surface area contributed by atoms with Gasteiger partial charge in [-0.2, -0.15) is 0 Å². The van der Waals surface area contributed by atoms with Gasteiger partial charge in [0, 0.05) is 77.1 Å². The van der Waals surface area contributed by atoms with Gasteiger partial charge in [0.15, 0.2) is 5.78 Å². The lowest BCUT2D eigenvalue weighted by Gasteiger charge is -2.43. The second-order valence-corrected chi connectivity index (χ2v) is 23.1. The maximum atomic E-state index is 14.7. The zero-order chi connectivity index (χ0) is 57.7. The van der Waals surface area contributed by atoms with E-state index >= 15 is 0 Å². The molecule has 2 unspecified atom stereocenters. The van der Waals surface area contributed by atoms with Gasteiger partial charge >= 0.3 is 5.97 Å². The molecule has 0 aromatic rings. The normalized spacial score (nSPS) is 28.9. The molecule has 4 fully saturated rings. The van der Waals surface area contributed by atoms with Gasteiger partial charge in [0.05, 0.1) is 50.8 Å². The topological polar surface area (TPSA) is 217 Å². The number of hydrogen-bond donors (Lipinski definition) is 3. The number of nitrogens with zero attached hydrogens (tertiary/aromatic N) is 2. The molecule has 444 valence electrons. The Morgan fingerprint density at radius 3 is 2.33 bits per heavy atom. The molecule has 3 aliphatic heterocycles. The zero-order valence-corrected chi connectivity index (χ0v) is 49.2. The van der Waals surface area contributed by atoms with Gasteiger partial charge in [-0.15, -0.1) is 6.58 Å². The van der Waals surface area contributed by atoms with Gasteiger partial charge in [0.1, 0.15) is 30.1 Å². The largest absolute Gasteiger partial charge is 0.460 e. The summed E-state index contributed by atoms with van der Waals surface area (Å²) in [6, 6.07) is -0.790. The maximum absolute atomic E-state index is 14.7. The first kappa shape index (κ1) is 67.0. The van der Waals surface area contributed by atoms with E-state index in [1.807, 2.05) is 45.9 Å². The summed E-state index contributed by atoms with van der Waals surface area (Å²) < 4.78 is 42.1. The number of methoxy groups -OCH3 is 2. The first-order chi connectivity index (χ1) is 37.1. The average molecular weight is 1100 g/mol. The maximum Gasteiger partial charge on any atom is 0.329 e. The molecule has 0 radical (unpaired) electrons. The van der Waals surface area contributed by atoms with Crippen molar-refractivity contribution in [3.05, 3.63) is 48.1 Å². The number of ether oxygens (including phenoxy) is 7. The molecule has 1 saturated carbocycles. The lowest BCUT2D eigenvalue weighted by atomic mass is 9.78. The van der Waals surface area contributed by atoms with Gasteiger partial charge in [-0.1, -0.05) is 65.0 Å². The number of carbonyl (C=O) groups excluding carboxylic acids is 5. The van der Waals surface area contributed by atoms with Crippen LogP contribution < -0.4 is 0 Å². The number of likely N-dealkylation sites (tertiary alicyclic amines) is 1. The van der Waals surface area contributed by atoms with Crippen LogP contribution in [0.5, 0.6) is 0 Å². The number of morpholine rings is 1. The van der Waals surface area contributed by atoms with Gasteiger partial charge in [0.25, 0.3) is 11.7 Å². The van der Waals surface area contributed by atoms with Crippen LogP contribution in [0.3, 0.4) is 0 Å². The van der Waals surface area contributed by atoms with Crippen molar-refractivity contribution in [1.29, 1.82) is 0 Å². The molecular weight excluding hydrogens is 1000 g/mol. The monoisotopic (exact) mass is 1100 g/mol. The predicted molar refractivity (Wildman–Crippen MR) is 298 cm³/mol. The predicted octanol–water partition coefficient (Wildman–Crippen LogP) is 7.31. The molecular formula is C61H100N2O15.